The summed E-state index contributed by atoms with van der Waals surface area (Å²) in [6.07, 6.45) is 3.98. The number of carbonyl (C=O) groups is 2. The van der Waals surface area contributed by atoms with Gasteiger partial charge < -0.3 is 15.5 Å². The van der Waals surface area contributed by atoms with E-state index in [0.29, 0.717) is 11.6 Å². The van der Waals surface area contributed by atoms with E-state index in [1.807, 2.05) is 41.3 Å². The lowest BCUT2D eigenvalue weighted by Crippen LogP contribution is -2.51. The fraction of sp³-hybridized carbons (Fsp3) is 0.333. The molecule has 0 spiro atoms. The number of fused-ring (bicyclic) bond motifs is 1. The zero-order chi connectivity index (χ0) is 23.8. The first-order valence-corrected chi connectivity index (χ1v) is 11.8. The molecule has 5 rings (SSSR count). The number of amides is 2. The number of anilines is 2. The summed E-state index contributed by atoms with van der Waals surface area (Å²) in [6, 6.07) is 17.7. The van der Waals surface area contributed by atoms with E-state index in [-0.39, 0.29) is 29.8 Å². The van der Waals surface area contributed by atoms with Gasteiger partial charge in [-0.15, -0.1) is 0 Å². The molecule has 2 amide bonds. The molecule has 1 saturated carbocycles. The summed E-state index contributed by atoms with van der Waals surface area (Å²) in [6.45, 7) is 3.86. The van der Waals surface area contributed by atoms with Crippen LogP contribution < -0.4 is 15.5 Å². The summed E-state index contributed by atoms with van der Waals surface area (Å²) < 4.78 is 0. The molecule has 1 aromatic carbocycles. The Bertz CT molecular complexity index is 1210. The molecule has 1 aliphatic carbocycles. The predicted octanol–water partition coefficient (Wildman–Crippen LogP) is 4.44. The first kappa shape index (κ1) is 22.1. The number of benzene rings is 1. The normalized spacial score (nSPS) is 21.5. The van der Waals surface area contributed by atoms with Gasteiger partial charge in [-0.2, -0.15) is 0 Å². The molecule has 2 N–H and O–H groups in total. The third-order valence-corrected chi connectivity index (χ3v) is 6.88. The van der Waals surface area contributed by atoms with E-state index in [0.717, 1.165) is 41.2 Å². The number of aromatic nitrogens is 2. The monoisotopic (exact) mass is 455 g/mol. The second kappa shape index (κ2) is 8.89. The van der Waals surface area contributed by atoms with Gasteiger partial charge in [0.15, 0.2) is 0 Å². The Kier molecular flexibility index (Phi) is 5.77. The van der Waals surface area contributed by atoms with Gasteiger partial charge in [0.05, 0.1) is 23.1 Å². The van der Waals surface area contributed by atoms with Gasteiger partial charge in [0.1, 0.15) is 5.69 Å². The van der Waals surface area contributed by atoms with Crippen molar-refractivity contribution in [2.75, 3.05) is 17.3 Å². The molecule has 1 fully saturated rings. The highest BCUT2D eigenvalue weighted by Crippen LogP contribution is 2.49. The third kappa shape index (κ3) is 4.02. The summed E-state index contributed by atoms with van der Waals surface area (Å²) in [5, 5.41) is 6.29. The van der Waals surface area contributed by atoms with E-state index in [1.54, 1.807) is 26.2 Å². The number of pyridine rings is 2. The van der Waals surface area contributed by atoms with Gasteiger partial charge in [-0.25, -0.2) is 4.98 Å². The summed E-state index contributed by atoms with van der Waals surface area (Å²) in [5.41, 5.74) is 4.69. The number of nitrogens with one attached hydrogen (secondary N) is 2. The molecule has 2 unspecified atom stereocenters. The Balaban J connectivity index is 1.59. The third-order valence-electron chi connectivity index (χ3n) is 6.88. The largest absolute Gasteiger partial charge is 0.376 e. The Labute approximate surface area is 199 Å². The van der Waals surface area contributed by atoms with Crippen molar-refractivity contribution in [2.24, 2.45) is 11.8 Å². The molecule has 3 heterocycles. The Hall–Kier alpha value is -3.74. The molecule has 7 heteroatoms. The minimum atomic E-state index is -0.228. The van der Waals surface area contributed by atoms with Crippen LogP contribution in [0.2, 0.25) is 0 Å². The number of nitrogens with zero attached hydrogens (tertiary/aromatic N) is 3. The molecular formula is C27H29N5O2. The van der Waals surface area contributed by atoms with Crippen LogP contribution in [-0.4, -0.2) is 34.9 Å². The zero-order valence-corrected chi connectivity index (χ0v) is 19.7. The summed E-state index contributed by atoms with van der Waals surface area (Å²) in [7, 11) is 1.58. The molecule has 2 aromatic heterocycles. The topological polar surface area (TPSA) is 87.2 Å². The number of hydrogen-bond acceptors (Lipinski definition) is 5. The van der Waals surface area contributed by atoms with Gasteiger partial charge in [-0.05, 0) is 55.2 Å². The number of para-hydroxylation sites is 1. The van der Waals surface area contributed by atoms with Gasteiger partial charge in [0.25, 0.3) is 5.91 Å². The van der Waals surface area contributed by atoms with Crippen LogP contribution in [0.5, 0.6) is 0 Å². The molecule has 0 radical (unpaired) electrons. The van der Waals surface area contributed by atoms with Crippen molar-refractivity contribution in [1.82, 2.24) is 15.3 Å². The lowest BCUT2D eigenvalue weighted by atomic mass is 9.82. The van der Waals surface area contributed by atoms with Crippen LogP contribution in [0.15, 0.2) is 60.8 Å². The average molecular weight is 456 g/mol. The lowest BCUT2D eigenvalue weighted by molar-refractivity contribution is -0.117. The van der Waals surface area contributed by atoms with Crippen LogP contribution in [-0.2, 0) is 4.79 Å². The molecule has 0 bridgehead atoms. The maximum atomic E-state index is 12.8. The number of hydrogen-bond donors (Lipinski definition) is 2. The summed E-state index contributed by atoms with van der Waals surface area (Å²) >= 11 is 0. The van der Waals surface area contributed by atoms with Crippen molar-refractivity contribution in [3.8, 4) is 11.3 Å². The van der Waals surface area contributed by atoms with E-state index < -0.39 is 0 Å². The van der Waals surface area contributed by atoms with Crippen molar-refractivity contribution in [3.63, 3.8) is 0 Å². The Morgan fingerprint density at radius 1 is 1.03 bits per heavy atom. The van der Waals surface area contributed by atoms with Crippen molar-refractivity contribution < 1.29 is 9.59 Å². The van der Waals surface area contributed by atoms with E-state index in [1.165, 1.54) is 0 Å². The molecule has 3 aromatic rings. The SMILES string of the molecule is CNC(=O)c1ccc(-c2ccc3c(n2)C(Nc2ccccc2)[C@@H](C)C(C2CC2)N3C(C)=O)cn1. The second-order valence-corrected chi connectivity index (χ2v) is 9.18. The van der Waals surface area contributed by atoms with Gasteiger partial charge in [-0.1, -0.05) is 25.1 Å². The first-order chi connectivity index (χ1) is 16.5. The average Bonchev–Trinajstić information content (AvgIpc) is 3.70. The quantitative estimate of drug-likeness (QED) is 0.594. The molecular weight excluding hydrogens is 426 g/mol. The highest BCUT2D eigenvalue weighted by molar-refractivity contribution is 5.94. The van der Waals surface area contributed by atoms with Crippen molar-refractivity contribution >= 4 is 23.2 Å². The minimum Gasteiger partial charge on any atom is -0.376 e. The fourth-order valence-electron chi connectivity index (χ4n) is 5.08. The Morgan fingerprint density at radius 2 is 1.79 bits per heavy atom. The smallest absolute Gasteiger partial charge is 0.269 e. The van der Waals surface area contributed by atoms with Crippen LogP contribution in [0.3, 0.4) is 0 Å². The van der Waals surface area contributed by atoms with Gasteiger partial charge in [0, 0.05) is 43.4 Å². The lowest BCUT2D eigenvalue weighted by Gasteiger charge is -2.45. The second-order valence-electron chi connectivity index (χ2n) is 9.18. The molecule has 2 aliphatic rings. The highest BCUT2D eigenvalue weighted by Gasteiger charge is 2.48. The van der Waals surface area contributed by atoms with E-state index in [4.69, 9.17) is 4.98 Å². The minimum absolute atomic E-state index is 0.0448. The maximum Gasteiger partial charge on any atom is 0.269 e. The number of rotatable bonds is 5. The molecule has 34 heavy (non-hydrogen) atoms. The molecule has 0 saturated heterocycles. The van der Waals surface area contributed by atoms with Crippen LogP contribution >= 0.6 is 0 Å². The van der Waals surface area contributed by atoms with E-state index >= 15 is 0 Å². The van der Waals surface area contributed by atoms with E-state index in [2.05, 4.69) is 34.7 Å². The highest BCUT2D eigenvalue weighted by atomic mass is 16.2. The molecule has 1 aliphatic heterocycles. The summed E-state index contributed by atoms with van der Waals surface area (Å²) in [5.74, 6) is 0.525. The van der Waals surface area contributed by atoms with Gasteiger partial charge in [0.2, 0.25) is 5.91 Å². The van der Waals surface area contributed by atoms with Crippen LogP contribution in [0.1, 0.15) is 48.9 Å². The van der Waals surface area contributed by atoms with Gasteiger partial charge in [-0.3, -0.25) is 14.6 Å². The van der Waals surface area contributed by atoms with Crippen molar-refractivity contribution in [2.45, 2.75) is 38.8 Å². The molecule has 174 valence electrons. The van der Waals surface area contributed by atoms with Crippen molar-refractivity contribution in [3.05, 3.63) is 72.2 Å². The fourth-order valence-corrected chi connectivity index (χ4v) is 5.08. The van der Waals surface area contributed by atoms with Crippen molar-refractivity contribution in [1.29, 1.82) is 0 Å². The maximum absolute atomic E-state index is 12.8. The predicted molar refractivity (Wildman–Crippen MR) is 132 cm³/mol. The van der Waals surface area contributed by atoms with Crippen LogP contribution in [0, 0.1) is 11.8 Å². The number of carbonyl (C=O) groups excluding carboxylic acids is 2. The van der Waals surface area contributed by atoms with Crippen LogP contribution in [0.4, 0.5) is 11.4 Å². The molecule has 3 atom stereocenters. The first-order valence-electron chi connectivity index (χ1n) is 11.8. The van der Waals surface area contributed by atoms with E-state index in [9.17, 15) is 9.59 Å². The standard InChI is InChI=1S/C27H29N5O2/c1-16-24(30-20-7-5-4-6-8-20)25-23(32(17(2)33)26(16)18-9-10-18)14-13-21(31-25)19-11-12-22(29-15-19)27(34)28-3/h4-8,11-16,18,24,26,30H,9-10H2,1-3H3,(H,28,34)/t16-,24?,26?/m1/s1. The Morgan fingerprint density at radius 3 is 2.41 bits per heavy atom. The zero-order valence-electron chi connectivity index (χ0n) is 19.7. The van der Waals surface area contributed by atoms with Gasteiger partial charge >= 0.3 is 0 Å². The summed E-state index contributed by atoms with van der Waals surface area (Å²) in [4.78, 5) is 36.0. The van der Waals surface area contributed by atoms with Crippen LogP contribution in [0.25, 0.3) is 11.3 Å². The molecule has 7 nitrogen and oxygen atoms in total.